The molecule has 0 aromatic heterocycles. The predicted octanol–water partition coefficient (Wildman–Crippen LogP) is 1.47. The van der Waals surface area contributed by atoms with E-state index in [0.29, 0.717) is 11.6 Å². The summed E-state index contributed by atoms with van der Waals surface area (Å²) >= 11 is 6.21. The number of hydrogen-bond donors (Lipinski definition) is 1. The normalized spacial score (nSPS) is 15.5. The van der Waals surface area contributed by atoms with Crippen LogP contribution in [0.15, 0.2) is 18.2 Å². The molecule has 0 fully saturated rings. The number of fused-ring (bicyclic) bond motifs is 1. The summed E-state index contributed by atoms with van der Waals surface area (Å²) < 4.78 is 0. The molecule has 0 unspecified atom stereocenters. The van der Waals surface area contributed by atoms with E-state index < -0.39 is 0 Å². The summed E-state index contributed by atoms with van der Waals surface area (Å²) in [5, 5.41) is 0.595. The van der Waals surface area contributed by atoms with Gasteiger partial charge >= 0.3 is 0 Å². The first kappa shape index (κ1) is 12.2. The lowest BCUT2D eigenvalue weighted by Crippen LogP contribution is -2.36. The van der Waals surface area contributed by atoms with Crippen LogP contribution in [0.3, 0.4) is 0 Å². The van der Waals surface area contributed by atoms with Crippen molar-refractivity contribution in [2.24, 2.45) is 5.73 Å². The van der Waals surface area contributed by atoms with Gasteiger partial charge in [-0.3, -0.25) is 4.79 Å². The number of amides is 1. The summed E-state index contributed by atoms with van der Waals surface area (Å²) in [7, 11) is 2.01. The molecule has 0 aliphatic carbocycles. The third kappa shape index (κ3) is 2.23. The molecule has 0 saturated carbocycles. The molecule has 0 bridgehead atoms. The van der Waals surface area contributed by atoms with Crippen LogP contribution in [-0.4, -0.2) is 32.6 Å². The van der Waals surface area contributed by atoms with Gasteiger partial charge in [0.2, 0.25) is 5.91 Å². The Bertz CT molecular complexity index is 436. The molecule has 4 nitrogen and oxygen atoms in total. The van der Waals surface area contributed by atoms with Crippen LogP contribution >= 0.6 is 11.6 Å². The molecule has 0 atom stereocenters. The van der Waals surface area contributed by atoms with Gasteiger partial charge in [-0.1, -0.05) is 17.7 Å². The van der Waals surface area contributed by atoms with Crippen LogP contribution in [0.2, 0.25) is 5.02 Å². The lowest BCUT2D eigenvalue weighted by atomic mass is 10.2. The number of nitrogens with two attached hydrogens (primary N) is 1. The fourth-order valence-electron chi connectivity index (χ4n) is 2.14. The maximum absolute atomic E-state index is 11.9. The molecule has 1 aromatic carbocycles. The summed E-state index contributed by atoms with van der Waals surface area (Å²) in [4.78, 5) is 15.7. The van der Waals surface area contributed by atoms with E-state index in [9.17, 15) is 4.79 Å². The minimum absolute atomic E-state index is 0.00831. The van der Waals surface area contributed by atoms with Gasteiger partial charge in [0.1, 0.15) is 0 Å². The van der Waals surface area contributed by atoms with Crippen molar-refractivity contribution in [3.8, 4) is 0 Å². The monoisotopic (exact) mass is 253 g/mol. The lowest BCUT2D eigenvalue weighted by Gasteiger charge is -2.25. The van der Waals surface area contributed by atoms with E-state index in [0.717, 1.165) is 24.3 Å². The maximum Gasteiger partial charge on any atom is 0.240 e. The summed E-state index contributed by atoms with van der Waals surface area (Å²) in [5.74, 6) is -0.0883. The molecule has 0 saturated heterocycles. The Morgan fingerprint density at radius 1 is 1.47 bits per heavy atom. The number of para-hydroxylation sites is 1. The molecule has 1 aliphatic heterocycles. The smallest absolute Gasteiger partial charge is 0.240 e. The summed E-state index contributed by atoms with van der Waals surface area (Å²) in [5.41, 5.74) is 7.21. The van der Waals surface area contributed by atoms with Crippen LogP contribution in [0, 0.1) is 0 Å². The molecule has 1 aliphatic rings. The zero-order valence-electron chi connectivity index (χ0n) is 9.82. The number of carbonyl (C=O) groups is 1. The zero-order chi connectivity index (χ0) is 12.4. The predicted molar refractivity (Wildman–Crippen MR) is 70.7 cm³/mol. The number of rotatable bonds is 1. The van der Waals surface area contributed by atoms with E-state index in [1.807, 2.05) is 19.2 Å². The molecule has 17 heavy (non-hydrogen) atoms. The van der Waals surface area contributed by atoms with Crippen molar-refractivity contribution in [1.82, 2.24) is 0 Å². The van der Waals surface area contributed by atoms with Crippen molar-refractivity contribution in [1.29, 1.82) is 0 Å². The number of carbonyl (C=O) groups excluding carboxylic acids is 1. The van der Waals surface area contributed by atoms with Crippen molar-refractivity contribution in [3.05, 3.63) is 23.2 Å². The Labute approximate surface area is 106 Å². The van der Waals surface area contributed by atoms with Crippen LogP contribution in [0.25, 0.3) is 0 Å². The third-order valence-electron chi connectivity index (χ3n) is 3.00. The highest BCUT2D eigenvalue weighted by molar-refractivity contribution is 6.34. The maximum atomic E-state index is 11.9. The second-order valence-electron chi connectivity index (χ2n) is 4.13. The molecule has 2 rings (SSSR count). The Balaban J connectivity index is 2.52. The van der Waals surface area contributed by atoms with E-state index in [1.165, 1.54) is 0 Å². The number of halogens is 1. The van der Waals surface area contributed by atoms with Gasteiger partial charge in [-0.2, -0.15) is 0 Å². The van der Waals surface area contributed by atoms with Crippen LogP contribution in [0.5, 0.6) is 0 Å². The fourth-order valence-corrected chi connectivity index (χ4v) is 2.41. The molecule has 2 N–H and O–H groups in total. The topological polar surface area (TPSA) is 49.6 Å². The highest BCUT2D eigenvalue weighted by atomic mass is 35.5. The average Bonchev–Trinajstić information content (AvgIpc) is 2.50. The van der Waals surface area contributed by atoms with Crippen molar-refractivity contribution in [3.63, 3.8) is 0 Å². The highest BCUT2D eigenvalue weighted by Gasteiger charge is 2.24. The van der Waals surface area contributed by atoms with Crippen molar-refractivity contribution in [2.45, 2.75) is 6.42 Å². The highest BCUT2D eigenvalue weighted by Crippen LogP contribution is 2.37. The second-order valence-corrected chi connectivity index (χ2v) is 4.54. The molecular formula is C12H16ClN3O. The molecular weight excluding hydrogens is 238 g/mol. The molecule has 0 radical (unpaired) electrons. The van der Waals surface area contributed by atoms with Crippen LogP contribution in [0.1, 0.15) is 6.42 Å². The van der Waals surface area contributed by atoms with Gasteiger partial charge in [-0.25, -0.2) is 0 Å². The molecule has 1 aromatic rings. The fraction of sp³-hybridized carbons (Fsp3) is 0.417. The summed E-state index contributed by atoms with van der Waals surface area (Å²) in [6, 6.07) is 5.67. The van der Waals surface area contributed by atoms with Gasteiger partial charge in [-0.05, 0) is 18.6 Å². The average molecular weight is 254 g/mol. The second kappa shape index (κ2) is 4.94. The Morgan fingerprint density at radius 3 is 2.94 bits per heavy atom. The molecule has 5 heteroatoms. The van der Waals surface area contributed by atoms with Crippen molar-refractivity contribution >= 4 is 28.9 Å². The molecule has 1 heterocycles. The largest absolute Gasteiger partial charge is 0.373 e. The Morgan fingerprint density at radius 2 is 2.24 bits per heavy atom. The minimum Gasteiger partial charge on any atom is -0.373 e. The van der Waals surface area contributed by atoms with Gasteiger partial charge in [0, 0.05) is 20.1 Å². The van der Waals surface area contributed by atoms with E-state index in [-0.39, 0.29) is 12.5 Å². The quantitative estimate of drug-likeness (QED) is 0.825. The Kier molecular flexibility index (Phi) is 3.54. The first-order chi connectivity index (χ1) is 8.15. The lowest BCUT2D eigenvalue weighted by molar-refractivity contribution is -0.117. The number of nitrogens with zero attached hydrogens (tertiary/aromatic N) is 2. The van der Waals surface area contributed by atoms with E-state index in [1.54, 1.807) is 11.0 Å². The minimum atomic E-state index is -0.0883. The van der Waals surface area contributed by atoms with Gasteiger partial charge in [-0.15, -0.1) is 0 Å². The summed E-state index contributed by atoms with van der Waals surface area (Å²) in [6.45, 7) is 1.58. The van der Waals surface area contributed by atoms with Gasteiger partial charge in [0.05, 0.1) is 22.9 Å². The van der Waals surface area contributed by atoms with Crippen LogP contribution < -0.4 is 15.5 Å². The number of hydrogen-bond acceptors (Lipinski definition) is 3. The molecule has 92 valence electrons. The molecule has 0 spiro atoms. The van der Waals surface area contributed by atoms with Crippen molar-refractivity contribution < 1.29 is 4.79 Å². The number of anilines is 2. The first-order valence-electron chi connectivity index (χ1n) is 5.65. The van der Waals surface area contributed by atoms with Gasteiger partial charge in [0.25, 0.3) is 0 Å². The first-order valence-corrected chi connectivity index (χ1v) is 6.03. The van der Waals surface area contributed by atoms with Gasteiger partial charge in [0.15, 0.2) is 0 Å². The van der Waals surface area contributed by atoms with E-state index in [4.69, 9.17) is 17.3 Å². The van der Waals surface area contributed by atoms with Gasteiger partial charge < -0.3 is 15.5 Å². The van der Waals surface area contributed by atoms with E-state index in [2.05, 4.69) is 4.90 Å². The standard InChI is InChI=1S/C12H16ClN3O/c1-15-6-3-7-16(11(17)8-14)12-9(13)4-2-5-10(12)15/h2,4-5H,3,6-8,14H2,1H3. The van der Waals surface area contributed by atoms with Crippen LogP contribution in [0.4, 0.5) is 11.4 Å². The summed E-state index contributed by atoms with van der Waals surface area (Å²) in [6.07, 6.45) is 0.910. The van der Waals surface area contributed by atoms with Crippen molar-refractivity contribution in [2.75, 3.05) is 36.5 Å². The van der Waals surface area contributed by atoms with Crippen LogP contribution in [-0.2, 0) is 4.79 Å². The van der Waals surface area contributed by atoms with E-state index >= 15 is 0 Å². The Hall–Kier alpha value is -1.26. The third-order valence-corrected chi connectivity index (χ3v) is 3.30. The molecule has 1 amide bonds. The number of benzene rings is 1. The zero-order valence-corrected chi connectivity index (χ0v) is 10.6. The SMILES string of the molecule is CN1CCCN(C(=O)CN)c2c(Cl)cccc21.